The van der Waals surface area contributed by atoms with Crippen LogP contribution in [0.15, 0.2) is 35.6 Å². The van der Waals surface area contributed by atoms with E-state index >= 15 is 0 Å². The number of aryl methyl sites for hydroxylation is 1. The molecule has 0 bridgehead atoms. The van der Waals surface area contributed by atoms with Gasteiger partial charge in [-0.05, 0) is 50.8 Å². The molecule has 3 aliphatic rings. The maximum atomic E-state index is 14.2. The van der Waals surface area contributed by atoms with E-state index in [4.69, 9.17) is 9.47 Å². The number of alkyl halides is 1. The van der Waals surface area contributed by atoms with Gasteiger partial charge >= 0.3 is 5.97 Å². The van der Waals surface area contributed by atoms with Crippen molar-refractivity contribution in [2.45, 2.75) is 51.4 Å². The quantitative estimate of drug-likeness (QED) is 0.656. The Morgan fingerprint density at radius 1 is 1.35 bits per heavy atom. The first-order valence-electron chi connectivity index (χ1n) is 11.2. The van der Waals surface area contributed by atoms with E-state index in [0.29, 0.717) is 17.7 Å². The summed E-state index contributed by atoms with van der Waals surface area (Å²) in [5, 5.41) is 10.3. The summed E-state index contributed by atoms with van der Waals surface area (Å²) in [6.45, 7) is 3.52. The van der Waals surface area contributed by atoms with Gasteiger partial charge in [0.15, 0.2) is 16.7 Å². The van der Waals surface area contributed by atoms with Crippen molar-refractivity contribution in [3.05, 3.63) is 51.7 Å². The number of aromatic hydroxyl groups is 1. The fourth-order valence-corrected chi connectivity index (χ4v) is 5.88. The van der Waals surface area contributed by atoms with Crippen LogP contribution in [0.5, 0.6) is 5.75 Å². The SMILES string of the molecule is CCOC(=O)c1sc(N2C(=O)C3=C(C(=O)C4CC(F)CCC4O3)C2c2cccc(O)c2)nc1C. The Morgan fingerprint density at radius 2 is 2.15 bits per heavy atom. The third-order valence-electron chi connectivity index (χ3n) is 6.42. The van der Waals surface area contributed by atoms with Crippen LogP contribution in [0.25, 0.3) is 0 Å². The molecule has 0 saturated heterocycles. The second kappa shape index (κ2) is 8.50. The molecule has 5 rings (SSSR count). The van der Waals surface area contributed by atoms with Crippen LogP contribution in [0.3, 0.4) is 0 Å². The Balaban J connectivity index is 1.62. The van der Waals surface area contributed by atoms with Gasteiger partial charge in [-0.3, -0.25) is 14.5 Å². The molecule has 1 aliphatic carbocycles. The van der Waals surface area contributed by atoms with Gasteiger partial charge in [0.25, 0.3) is 5.91 Å². The van der Waals surface area contributed by atoms with Crippen LogP contribution in [-0.2, 0) is 19.1 Å². The van der Waals surface area contributed by atoms with E-state index in [0.717, 1.165) is 11.3 Å². The van der Waals surface area contributed by atoms with Crippen LogP contribution >= 0.6 is 11.3 Å². The fraction of sp³-hybridized carbons (Fsp3) is 0.417. The fourth-order valence-electron chi connectivity index (χ4n) is 4.89. The highest BCUT2D eigenvalue weighted by atomic mass is 32.1. The van der Waals surface area contributed by atoms with E-state index in [9.17, 15) is 23.9 Å². The van der Waals surface area contributed by atoms with E-state index in [1.54, 1.807) is 26.0 Å². The van der Waals surface area contributed by atoms with Gasteiger partial charge in [-0.15, -0.1) is 0 Å². The van der Waals surface area contributed by atoms with Crippen molar-refractivity contribution < 1.29 is 33.4 Å². The molecule has 4 atom stereocenters. The maximum absolute atomic E-state index is 14.2. The zero-order valence-corrected chi connectivity index (χ0v) is 19.4. The average molecular weight is 487 g/mol. The van der Waals surface area contributed by atoms with E-state index in [1.807, 2.05) is 0 Å². The number of ether oxygens (including phenoxy) is 2. The number of fused-ring (bicyclic) bond motifs is 1. The molecule has 4 unspecified atom stereocenters. The van der Waals surface area contributed by atoms with Gasteiger partial charge < -0.3 is 14.6 Å². The number of ketones is 1. The number of amides is 1. The number of rotatable bonds is 4. The Bertz CT molecular complexity index is 1220. The van der Waals surface area contributed by atoms with Crippen LogP contribution < -0.4 is 4.90 Å². The van der Waals surface area contributed by atoms with Crippen LogP contribution in [0.2, 0.25) is 0 Å². The minimum absolute atomic E-state index is 0.0370. The second-order valence-corrected chi connectivity index (χ2v) is 9.56. The molecule has 1 N–H and O–H groups in total. The number of halogens is 1. The zero-order chi connectivity index (χ0) is 24.1. The molecule has 8 nitrogen and oxygen atoms in total. The van der Waals surface area contributed by atoms with Gasteiger partial charge in [0.1, 0.15) is 22.9 Å². The van der Waals surface area contributed by atoms with Gasteiger partial charge in [0.05, 0.1) is 29.8 Å². The number of Topliss-reactive ketones (excluding diaryl/α,β-unsaturated/α-hetero) is 1. The maximum Gasteiger partial charge on any atom is 0.350 e. The van der Waals surface area contributed by atoms with Gasteiger partial charge in [-0.2, -0.15) is 0 Å². The Morgan fingerprint density at radius 3 is 2.88 bits per heavy atom. The second-order valence-electron chi connectivity index (χ2n) is 8.58. The lowest BCUT2D eigenvalue weighted by Gasteiger charge is -2.36. The van der Waals surface area contributed by atoms with E-state index in [1.165, 1.54) is 17.0 Å². The number of thiazole rings is 1. The molecular formula is C24H23FN2O6S. The Hall–Kier alpha value is -3.27. The molecule has 2 aliphatic heterocycles. The molecule has 2 aromatic rings. The third-order valence-corrected chi connectivity index (χ3v) is 7.56. The summed E-state index contributed by atoms with van der Waals surface area (Å²) in [6.07, 6.45) is -0.983. The standard InChI is InChI=1S/C24H23FN2O6S/c1-3-32-23(31)21-11(2)26-24(34-21)27-18(12-5-4-6-14(28)9-12)17-19(29)15-10-13(25)7-8-16(15)33-20(17)22(27)30/h4-6,9,13,15-16,18,28H,3,7-8,10H2,1-2H3. The number of anilines is 1. The molecule has 1 aromatic carbocycles. The van der Waals surface area contributed by atoms with Crippen LogP contribution in [0.4, 0.5) is 9.52 Å². The Kier molecular flexibility index (Phi) is 5.63. The highest BCUT2D eigenvalue weighted by Gasteiger charge is 2.54. The highest BCUT2D eigenvalue weighted by Crippen LogP contribution is 2.49. The number of carbonyl (C=O) groups excluding carboxylic acids is 3. The molecule has 0 radical (unpaired) electrons. The normalized spacial score (nSPS) is 26.3. The first-order valence-corrected chi connectivity index (χ1v) is 12.0. The monoisotopic (exact) mass is 486 g/mol. The molecule has 3 heterocycles. The molecule has 1 amide bonds. The van der Waals surface area contributed by atoms with Gasteiger partial charge in [0, 0.05) is 0 Å². The summed E-state index contributed by atoms with van der Waals surface area (Å²) < 4.78 is 25.3. The smallest absolute Gasteiger partial charge is 0.350 e. The molecule has 34 heavy (non-hydrogen) atoms. The van der Waals surface area contributed by atoms with Crippen molar-refractivity contribution in [2.24, 2.45) is 5.92 Å². The molecule has 0 spiro atoms. The number of hydrogen-bond donors (Lipinski definition) is 1. The predicted octanol–water partition coefficient (Wildman–Crippen LogP) is 3.78. The van der Waals surface area contributed by atoms with Crippen molar-refractivity contribution in [1.29, 1.82) is 0 Å². The van der Waals surface area contributed by atoms with Crippen molar-refractivity contribution in [3.8, 4) is 5.75 Å². The van der Waals surface area contributed by atoms with Gasteiger partial charge in [-0.1, -0.05) is 23.5 Å². The Labute approximate surface area is 199 Å². The summed E-state index contributed by atoms with van der Waals surface area (Å²) in [4.78, 5) is 45.6. The number of phenolic OH excluding ortho intramolecular Hbond substituents is 1. The number of hydrogen-bond acceptors (Lipinski definition) is 8. The van der Waals surface area contributed by atoms with Crippen LogP contribution in [0, 0.1) is 12.8 Å². The number of phenols is 1. The lowest BCUT2D eigenvalue weighted by molar-refractivity contribution is -0.133. The van der Waals surface area contributed by atoms with Crippen molar-refractivity contribution >= 4 is 34.1 Å². The molecule has 178 valence electrons. The lowest BCUT2D eigenvalue weighted by Crippen LogP contribution is -2.42. The molecular weight excluding hydrogens is 463 g/mol. The largest absolute Gasteiger partial charge is 0.508 e. The first kappa shape index (κ1) is 22.5. The number of benzene rings is 1. The summed E-state index contributed by atoms with van der Waals surface area (Å²) >= 11 is 0.987. The summed E-state index contributed by atoms with van der Waals surface area (Å²) in [5.41, 5.74) is 1.01. The van der Waals surface area contributed by atoms with Crippen LogP contribution in [-0.4, -0.2) is 46.6 Å². The molecule has 1 aromatic heterocycles. The third kappa shape index (κ3) is 3.56. The summed E-state index contributed by atoms with van der Waals surface area (Å²) in [6, 6.07) is 5.31. The topological polar surface area (TPSA) is 106 Å². The van der Waals surface area contributed by atoms with E-state index in [-0.39, 0.29) is 52.3 Å². The number of nitrogens with zero attached hydrogens (tertiary/aromatic N) is 2. The first-order chi connectivity index (χ1) is 16.3. The van der Waals surface area contributed by atoms with Crippen LogP contribution in [0.1, 0.15) is 53.2 Å². The van der Waals surface area contributed by atoms with Gasteiger partial charge in [0.2, 0.25) is 0 Å². The predicted molar refractivity (Wildman–Crippen MR) is 120 cm³/mol. The van der Waals surface area contributed by atoms with Gasteiger partial charge in [-0.25, -0.2) is 14.2 Å². The molecule has 1 saturated carbocycles. The van der Waals surface area contributed by atoms with Crippen molar-refractivity contribution in [3.63, 3.8) is 0 Å². The average Bonchev–Trinajstić information content (AvgIpc) is 3.32. The zero-order valence-electron chi connectivity index (χ0n) is 18.6. The number of aromatic nitrogens is 1. The lowest BCUT2D eigenvalue weighted by atomic mass is 9.77. The highest BCUT2D eigenvalue weighted by molar-refractivity contribution is 7.17. The summed E-state index contributed by atoms with van der Waals surface area (Å²) in [7, 11) is 0. The minimum atomic E-state index is -1.10. The minimum Gasteiger partial charge on any atom is -0.508 e. The van der Waals surface area contributed by atoms with E-state index < -0.39 is 36.1 Å². The number of esters is 1. The number of carbonyl (C=O) groups is 3. The van der Waals surface area contributed by atoms with Crippen molar-refractivity contribution in [1.82, 2.24) is 4.98 Å². The van der Waals surface area contributed by atoms with Crippen molar-refractivity contribution in [2.75, 3.05) is 11.5 Å². The molecule has 10 heteroatoms. The molecule has 1 fully saturated rings. The van der Waals surface area contributed by atoms with E-state index in [2.05, 4.69) is 4.98 Å². The summed E-state index contributed by atoms with van der Waals surface area (Å²) in [5.74, 6) is -2.21.